The third kappa shape index (κ3) is 2.69. The topological polar surface area (TPSA) is 62.6 Å². The predicted molar refractivity (Wildman–Crippen MR) is 77.4 cm³/mol. The maximum Gasteiger partial charge on any atom is 0.204 e. The minimum atomic E-state index is -0.174. The first-order valence-electron chi connectivity index (χ1n) is 6.52. The molecule has 0 aliphatic carbocycles. The van der Waals surface area contributed by atoms with Crippen molar-refractivity contribution in [1.82, 2.24) is 9.78 Å². The molecule has 0 radical (unpaired) electrons. The van der Waals surface area contributed by atoms with Gasteiger partial charge >= 0.3 is 0 Å². The van der Waals surface area contributed by atoms with E-state index >= 15 is 0 Å². The lowest BCUT2D eigenvalue weighted by Gasteiger charge is -2.14. The van der Waals surface area contributed by atoms with Crippen LogP contribution in [0, 0.1) is 0 Å². The molecule has 0 unspecified atom stereocenters. The van der Waals surface area contributed by atoms with Crippen molar-refractivity contribution in [2.75, 3.05) is 21.3 Å². The van der Waals surface area contributed by atoms with Crippen LogP contribution in [-0.4, -0.2) is 36.9 Å². The van der Waals surface area contributed by atoms with Crippen LogP contribution in [0.4, 0.5) is 0 Å². The maximum absolute atomic E-state index is 12.6. The lowest BCUT2D eigenvalue weighted by atomic mass is 10.0. The highest BCUT2D eigenvalue weighted by atomic mass is 16.5. The van der Waals surface area contributed by atoms with Crippen molar-refractivity contribution >= 4 is 5.78 Å². The van der Waals surface area contributed by atoms with E-state index in [0.29, 0.717) is 34.9 Å². The highest BCUT2D eigenvalue weighted by Gasteiger charge is 2.22. The van der Waals surface area contributed by atoms with Crippen LogP contribution in [0.1, 0.15) is 22.8 Å². The summed E-state index contributed by atoms with van der Waals surface area (Å²) in [6.07, 6.45) is 3.25. The monoisotopic (exact) mass is 290 g/mol. The molecule has 6 nitrogen and oxygen atoms in total. The van der Waals surface area contributed by atoms with Gasteiger partial charge in [-0.25, -0.2) is 0 Å². The van der Waals surface area contributed by atoms with Gasteiger partial charge in [-0.15, -0.1) is 0 Å². The molecule has 1 aromatic carbocycles. The van der Waals surface area contributed by atoms with Gasteiger partial charge in [-0.05, 0) is 19.1 Å². The van der Waals surface area contributed by atoms with Crippen molar-refractivity contribution in [2.45, 2.75) is 13.5 Å². The molecule has 0 saturated carbocycles. The molecule has 112 valence electrons. The van der Waals surface area contributed by atoms with E-state index in [1.807, 2.05) is 6.92 Å². The molecule has 0 aliphatic rings. The average Bonchev–Trinajstić information content (AvgIpc) is 3.01. The lowest BCUT2D eigenvalue weighted by Crippen LogP contribution is -2.05. The third-order valence-electron chi connectivity index (χ3n) is 3.17. The fourth-order valence-corrected chi connectivity index (χ4v) is 2.09. The standard InChI is InChI=1S/C15H18N2O4/c1-5-17-9-10(8-16-17)13(18)11-6-7-12(19-2)15(21-4)14(11)20-3/h6-9H,5H2,1-4H3. The van der Waals surface area contributed by atoms with Crippen LogP contribution in [-0.2, 0) is 6.54 Å². The molecule has 21 heavy (non-hydrogen) atoms. The van der Waals surface area contributed by atoms with Crippen LogP contribution in [0.3, 0.4) is 0 Å². The van der Waals surface area contributed by atoms with Crippen molar-refractivity contribution in [3.05, 3.63) is 35.7 Å². The number of methoxy groups -OCH3 is 3. The van der Waals surface area contributed by atoms with Gasteiger partial charge in [0.15, 0.2) is 17.3 Å². The Labute approximate surface area is 123 Å². The molecular weight excluding hydrogens is 272 g/mol. The number of nitrogens with zero attached hydrogens (tertiary/aromatic N) is 2. The van der Waals surface area contributed by atoms with Gasteiger partial charge in [-0.3, -0.25) is 9.48 Å². The Bertz CT molecular complexity index is 649. The first-order chi connectivity index (χ1) is 10.2. The first kappa shape index (κ1) is 14.9. The summed E-state index contributed by atoms with van der Waals surface area (Å²) >= 11 is 0. The molecule has 6 heteroatoms. The highest BCUT2D eigenvalue weighted by Crippen LogP contribution is 2.40. The van der Waals surface area contributed by atoms with Crippen LogP contribution in [0.25, 0.3) is 0 Å². The number of carbonyl (C=O) groups is 1. The molecule has 0 saturated heterocycles. The molecule has 1 aromatic heterocycles. The molecular formula is C15H18N2O4. The number of hydrogen-bond donors (Lipinski definition) is 0. The van der Waals surface area contributed by atoms with Gasteiger partial charge in [-0.2, -0.15) is 5.10 Å². The Hall–Kier alpha value is -2.50. The highest BCUT2D eigenvalue weighted by molar-refractivity contribution is 6.11. The van der Waals surface area contributed by atoms with Crippen molar-refractivity contribution in [2.24, 2.45) is 0 Å². The Balaban J connectivity index is 2.50. The number of rotatable bonds is 6. The molecule has 1 heterocycles. The lowest BCUT2D eigenvalue weighted by molar-refractivity contribution is 0.103. The van der Waals surface area contributed by atoms with E-state index in [1.165, 1.54) is 21.3 Å². The predicted octanol–water partition coefficient (Wildman–Crippen LogP) is 2.16. The molecule has 0 aliphatic heterocycles. The number of ketones is 1. The number of benzene rings is 1. The molecule has 0 atom stereocenters. The van der Waals surface area contributed by atoms with Crippen molar-refractivity contribution in [1.29, 1.82) is 0 Å². The summed E-state index contributed by atoms with van der Waals surface area (Å²) in [4.78, 5) is 12.6. The quantitative estimate of drug-likeness (QED) is 0.763. The third-order valence-corrected chi connectivity index (χ3v) is 3.17. The van der Waals surface area contributed by atoms with Gasteiger partial charge in [0.05, 0.1) is 38.7 Å². The second kappa shape index (κ2) is 6.30. The van der Waals surface area contributed by atoms with Gasteiger partial charge in [0, 0.05) is 12.7 Å². The molecule has 2 rings (SSSR count). The summed E-state index contributed by atoms with van der Waals surface area (Å²) in [5.41, 5.74) is 0.910. The van der Waals surface area contributed by atoms with Crippen molar-refractivity contribution < 1.29 is 19.0 Å². The number of ether oxygens (including phenoxy) is 3. The van der Waals surface area contributed by atoms with Crippen molar-refractivity contribution in [3.8, 4) is 17.2 Å². The first-order valence-corrected chi connectivity index (χ1v) is 6.52. The molecule has 0 bridgehead atoms. The van der Waals surface area contributed by atoms with Gasteiger partial charge in [0.1, 0.15) is 0 Å². The Morgan fingerprint density at radius 2 is 1.86 bits per heavy atom. The normalized spacial score (nSPS) is 10.3. The van der Waals surface area contributed by atoms with Gasteiger partial charge in [-0.1, -0.05) is 0 Å². The van der Waals surface area contributed by atoms with E-state index in [2.05, 4.69) is 5.10 Å². The van der Waals surface area contributed by atoms with Crippen molar-refractivity contribution in [3.63, 3.8) is 0 Å². The SMILES string of the molecule is CCn1cc(C(=O)c2ccc(OC)c(OC)c2OC)cn1. The fourth-order valence-electron chi connectivity index (χ4n) is 2.09. The van der Waals surface area contributed by atoms with Gasteiger partial charge < -0.3 is 14.2 Å². The van der Waals surface area contributed by atoms with Crippen LogP contribution in [0.2, 0.25) is 0 Å². The van der Waals surface area contributed by atoms with E-state index in [-0.39, 0.29) is 5.78 Å². The summed E-state index contributed by atoms with van der Waals surface area (Å²) in [6, 6.07) is 3.34. The Morgan fingerprint density at radius 3 is 2.38 bits per heavy atom. The average molecular weight is 290 g/mol. The van der Waals surface area contributed by atoms with E-state index in [0.717, 1.165) is 0 Å². The molecule has 0 N–H and O–H groups in total. The van der Waals surface area contributed by atoms with E-state index < -0.39 is 0 Å². The number of hydrogen-bond acceptors (Lipinski definition) is 5. The zero-order valence-corrected chi connectivity index (χ0v) is 12.5. The summed E-state index contributed by atoms with van der Waals surface area (Å²) < 4.78 is 17.5. The smallest absolute Gasteiger partial charge is 0.204 e. The number of aromatic nitrogens is 2. The van der Waals surface area contributed by atoms with Crippen LogP contribution in [0.5, 0.6) is 17.2 Å². The molecule has 2 aromatic rings. The fraction of sp³-hybridized carbons (Fsp3) is 0.333. The summed E-state index contributed by atoms with van der Waals surface area (Å²) in [7, 11) is 4.53. The summed E-state index contributed by atoms with van der Waals surface area (Å²) in [5.74, 6) is 1.09. The molecule has 0 amide bonds. The Morgan fingerprint density at radius 1 is 1.14 bits per heavy atom. The van der Waals surface area contributed by atoms with Gasteiger partial charge in [0.2, 0.25) is 5.75 Å². The number of carbonyl (C=O) groups excluding carboxylic acids is 1. The van der Waals surface area contributed by atoms with Gasteiger partial charge in [0.25, 0.3) is 0 Å². The summed E-state index contributed by atoms with van der Waals surface area (Å²) in [5, 5.41) is 4.11. The molecule has 0 fully saturated rings. The van der Waals surface area contributed by atoms with E-state index in [9.17, 15) is 4.79 Å². The maximum atomic E-state index is 12.6. The summed E-state index contributed by atoms with van der Waals surface area (Å²) in [6.45, 7) is 2.66. The van der Waals surface area contributed by atoms with Crippen LogP contribution in [0.15, 0.2) is 24.5 Å². The molecule has 0 spiro atoms. The largest absolute Gasteiger partial charge is 0.493 e. The zero-order valence-electron chi connectivity index (χ0n) is 12.5. The minimum Gasteiger partial charge on any atom is -0.493 e. The minimum absolute atomic E-state index is 0.174. The van der Waals surface area contributed by atoms with E-state index in [4.69, 9.17) is 14.2 Å². The second-order valence-corrected chi connectivity index (χ2v) is 4.30. The zero-order chi connectivity index (χ0) is 15.4. The Kier molecular flexibility index (Phi) is 4.47. The van der Waals surface area contributed by atoms with Crippen LogP contribution < -0.4 is 14.2 Å². The van der Waals surface area contributed by atoms with Crippen LogP contribution >= 0.6 is 0 Å². The second-order valence-electron chi connectivity index (χ2n) is 4.30. The number of aryl methyl sites for hydroxylation is 1. The van der Waals surface area contributed by atoms with E-state index in [1.54, 1.807) is 29.2 Å².